The van der Waals surface area contributed by atoms with Crippen molar-refractivity contribution in [2.75, 3.05) is 36.8 Å². The Morgan fingerprint density at radius 2 is 1.15 bits per heavy atom. The first-order valence-electron chi connectivity index (χ1n) is 21.0. The number of fused-ring (bicyclic) bond motifs is 2. The third kappa shape index (κ3) is 10.9. The first-order chi connectivity index (χ1) is 29.6. The molecule has 0 radical (unpaired) electrons. The van der Waals surface area contributed by atoms with Crippen molar-refractivity contribution in [3.05, 3.63) is 71.0 Å². The van der Waals surface area contributed by atoms with Crippen molar-refractivity contribution in [1.29, 1.82) is 0 Å². The Hall–Kier alpha value is -5.48. The molecule has 0 spiro atoms. The largest absolute Gasteiger partial charge is 0.363 e. The van der Waals surface area contributed by atoms with Crippen molar-refractivity contribution in [1.82, 2.24) is 49.7 Å². The van der Waals surface area contributed by atoms with Crippen molar-refractivity contribution in [3.8, 4) is 22.8 Å². The van der Waals surface area contributed by atoms with E-state index in [1.165, 1.54) is 0 Å². The smallest absolute Gasteiger partial charge is 0.222 e. The van der Waals surface area contributed by atoms with E-state index < -0.39 is 11.6 Å². The van der Waals surface area contributed by atoms with E-state index in [1.807, 2.05) is 9.80 Å². The van der Waals surface area contributed by atoms with Crippen LogP contribution in [0.1, 0.15) is 84.5 Å². The molecule has 2 amide bonds. The fourth-order valence-corrected chi connectivity index (χ4v) is 8.04. The second-order valence-electron chi connectivity index (χ2n) is 15.5. The first kappa shape index (κ1) is 43.6. The fraction of sp³-hybridized carbons (Fsp3) is 0.442. The fourth-order valence-electron chi connectivity index (χ4n) is 7.72. The molecule has 322 valence electrons. The van der Waals surface area contributed by atoms with E-state index in [2.05, 4.69) is 64.4 Å². The zero-order chi connectivity index (χ0) is 42.9. The highest BCUT2D eigenvalue weighted by molar-refractivity contribution is 6.31. The maximum atomic E-state index is 14.5. The predicted molar refractivity (Wildman–Crippen MR) is 234 cm³/mol. The number of halogens is 4. The standard InChI is InChI=1S/C22H26ClFN6O.C21H24ClFN6O/c1-2-3-4-7-19(31)30-8-5-6-15(13-30)28-22-18(24)12-27-21(29-22)17-11-26-20-16(17)9-14(23)10-25-20;1-2-3-6-18(30)29-7-4-5-14(12-29)27-21-17(23)11-26-20(28-21)16-10-25-19-15(16)8-13(22)9-24-19/h9-12,15H,2-8,13H2,1H3,(H,25,26)(H,27,28,29);8-11,14H,2-7,12H2,1H3,(H,24,25)(H,26,27,28). The Balaban J connectivity index is 0.000000184. The quantitative estimate of drug-likeness (QED) is 0.0820. The number of aromatic amines is 2. The van der Waals surface area contributed by atoms with E-state index in [0.29, 0.717) is 70.0 Å². The minimum absolute atomic E-state index is 0.0549. The molecule has 8 heterocycles. The van der Waals surface area contributed by atoms with Crippen LogP contribution < -0.4 is 10.6 Å². The number of aromatic nitrogens is 8. The molecule has 0 bridgehead atoms. The first-order valence-corrected chi connectivity index (χ1v) is 21.7. The summed E-state index contributed by atoms with van der Waals surface area (Å²) in [5.74, 6) is 0.318. The average molecular weight is 876 g/mol. The van der Waals surface area contributed by atoms with Crippen molar-refractivity contribution in [2.24, 2.45) is 0 Å². The number of piperidine rings is 2. The lowest BCUT2D eigenvalue weighted by atomic mass is 10.0. The van der Waals surface area contributed by atoms with Crippen molar-refractivity contribution in [3.63, 3.8) is 0 Å². The van der Waals surface area contributed by atoms with Gasteiger partial charge in [0.2, 0.25) is 11.8 Å². The van der Waals surface area contributed by atoms with E-state index in [4.69, 9.17) is 23.2 Å². The third-order valence-corrected chi connectivity index (χ3v) is 11.3. The number of nitrogens with one attached hydrogen (secondary N) is 4. The Morgan fingerprint density at radius 1 is 0.689 bits per heavy atom. The summed E-state index contributed by atoms with van der Waals surface area (Å²) in [4.78, 5) is 60.3. The molecule has 18 heteroatoms. The van der Waals surface area contributed by atoms with Gasteiger partial charge in [-0.05, 0) is 50.7 Å². The van der Waals surface area contributed by atoms with Crippen LogP contribution in [0.2, 0.25) is 10.0 Å². The monoisotopic (exact) mass is 874 g/mol. The Morgan fingerprint density at radius 3 is 1.61 bits per heavy atom. The molecule has 2 fully saturated rings. The summed E-state index contributed by atoms with van der Waals surface area (Å²) in [6.45, 7) is 6.80. The molecule has 14 nitrogen and oxygen atoms in total. The van der Waals surface area contributed by atoms with Gasteiger partial charge in [0.15, 0.2) is 34.9 Å². The number of carbonyl (C=O) groups is 2. The molecule has 0 aromatic carbocycles. The summed E-state index contributed by atoms with van der Waals surface area (Å²) in [6.07, 6.45) is 18.4. The Labute approximate surface area is 362 Å². The molecule has 2 aliphatic heterocycles. The van der Waals surface area contributed by atoms with Crippen molar-refractivity contribution >= 4 is 68.7 Å². The number of hydrogen-bond donors (Lipinski definition) is 4. The van der Waals surface area contributed by atoms with Gasteiger partial charge in [0.1, 0.15) is 11.3 Å². The Bertz CT molecular complexity index is 2460. The van der Waals surface area contributed by atoms with Crippen LogP contribution in [0.15, 0.2) is 49.3 Å². The Kier molecular flexibility index (Phi) is 14.6. The number of likely N-dealkylation sites (tertiary alicyclic amines) is 2. The molecule has 0 aliphatic carbocycles. The number of rotatable bonds is 13. The number of carbonyl (C=O) groups excluding carboxylic acids is 2. The lowest BCUT2D eigenvalue weighted by Gasteiger charge is -2.33. The van der Waals surface area contributed by atoms with Gasteiger partial charge in [0.25, 0.3) is 0 Å². The number of amides is 2. The molecule has 4 N–H and O–H groups in total. The van der Waals surface area contributed by atoms with E-state index in [9.17, 15) is 18.4 Å². The topological polar surface area (TPSA) is 174 Å². The normalized spacial score (nSPS) is 16.7. The maximum absolute atomic E-state index is 14.5. The lowest BCUT2D eigenvalue weighted by molar-refractivity contribution is -0.133. The van der Waals surface area contributed by atoms with E-state index in [1.54, 1.807) is 36.9 Å². The van der Waals surface area contributed by atoms with Crippen molar-refractivity contribution < 1.29 is 18.4 Å². The summed E-state index contributed by atoms with van der Waals surface area (Å²) in [5, 5.41) is 8.91. The van der Waals surface area contributed by atoms with Gasteiger partial charge in [-0.1, -0.05) is 56.3 Å². The summed E-state index contributed by atoms with van der Waals surface area (Å²) in [7, 11) is 0. The van der Waals surface area contributed by atoms with E-state index in [0.717, 1.165) is 94.0 Å². The molecular formula is C43H50Cl2F2N12O2. The second kappa shape index (κ2) is 20.4. The summed E-state index contributed by atoms with van der Waals surface area (Å²) >= 11 is 12.1. The van der Waals surface area contributed by atoms with Gasteiger partial charge in [-0.15, -0.1) is 0 Å². The van der Waals surface area contributed by atoms with Gasteiger partial charge < -0.3 is 30.4 Å². The number of H-pyrrole nitrogens is 2. The van der Waals surface area contributed by atoms with Crippen LogP contribution in [-0.2, 0) is 9.59 Å². The third-order valence-electron chi connectivity index (χ3n) is 10.9. The van der Waals surface area contributed by atoms with Gasteiger partial charge in [-0.3, -0.25) is 9.59 Å². The zero-order valence-corrected chi connectivity index (χ0v) is 35.8. The van der Waals surface area contributed by atoms with Gasteiger partial charge in [0, 0.05) is 97.8 Å². The van der Waals surface area contributed by atoms with Gasteiger partial charge >= 0.3 is 0 Å². The van der Waals surface area contributed by atoms with E-state index in [-0.39, 0.29) is 35.5 Å². The molecule has 61 heavy (non-hydrogen) atoms. The average Bonchev–Trinajstić information content (AvgIpc) is 3.89. The molecular weight excluding hydrogens is 825 g/mol. The maximum Gasteiger partial charge on any atom is 0.222 e. The summed E-state index contributed by atoms with van der Waals surface area (Å²) in [5.41, 5.74) is 2.71. The molecule has 2 aliphatic rings. The van der Waals surface area contributed by atoms with Gasteiger partial charge in [0.05, 0.1) is 22.4 Å². The van der Waals surface area contributed by atoms with E-state index >= 15 is 0 Å². The molecule has 6 aromatic rings. The summed E-state index contributed by atoms with van der Waals surface area (Å²) < 4.78 is 29.0. The van der Waals surface area contributed by atoms with Crippen molar-refractivity contribution in [2.45, 2.75) is 96.6 Å². The van der Waals surface area contributed by atoms with Crippen LogP contribution in [0.3, 0.4) is 0 Å². The number of unbranched alkanes of at least 4 members (excludes halogenated alkanes) is 3. The van der Waals surface area contributed by atoms with Crippen LogP contribution in [0.25, 0.3) is 44.8 Å². The minimum atomic E-state index is -0.524. The molecule has 0 saturated carbocycles. The van der Waals surface area contributed by atoms with Crippen LogP contribution in [0.5, 0.6) is 0 Å². The highest BCUT2D eigenvalue weighted by atomic mass is 35.5. The lowest BCUT2D eigenvalue weighted by Crippen LogP contribution is -2.45. The SMILES string of the molecule is CCCCC(=O)N1CCCC(Nc2nc(-c3c[nH]c4ncc(Cl)cc34)ncc2F)C1.CCCCCC(=O)N1CCCC(Nc2nc(-c3c[nH]c4ncc(Cl)cc34)ncc2F)C1. The number of nitrogens with zero attached hydrogens (tertiary/aromatic N) is 8. The number of pyridine rings is 2. The molecule has 2 unspecified atom stereocenters. The molecule has 8 rings (SSSR count). The van der Waals surface area contributed by atoms with Crippen LogP contribution >= 0.6 is 23.2 Å². The molecule has 2 atom stereocenters. The van der Waals surface area contributed by atoms with Gasteiger partial charge in [-0.2, -0.15) is 0 Å². The zero-order valence-electron chi connectivity index (χ0n) is 34.3. The number of anilines is 2. The van der Waals surface area contributed by atoms with Gasteiger partial charge in [-0.25, -0.2) is 38.7 Å². The predicted octanol–water partition coefficient (Wildman–Crippen LogP) is 9.20. The summed E-state index contributed by atoms with van der Waals surface area (Å²) in [6, 6.07) is 3.44. The van der Waals surface area contributed by atoms with Crippen LogP contribution in [0.4, 0.5) is 20.4 Å². The molecule has 2 saturated heterocycles. The molecule has 6 aromatic heterocycles. The van der Waals surface area contributed by atoms with Crippen LogP contribution in [0, 0.1) is 11.6 Å². The minimum Gasteiger partial charge on any atom is -0.363 e. The highest BCUT2D eigenvalue weighted by Crippen LogP contribution is 2.30. The number of hydrogen-bond acceptors (Lipinski definition) is 10. The second-order valence-corrected chi connectivity index (χ2v) is 16.4. The highest BCUT2D eigenvalue weighted by Gasteiger charge is 2.26. The van der Waals surface area contributed by atoms with Crippen LogP contribution in [-0.4, -0.2) is 99.7 Å².